The first-order valence-corrected chi connectivity index (χ1v) is 24.9. The molecule has 4 nitrogen and oxygen atoms in total. The second-order valence-electron chi connectivity index (χ2n) is 17.0. The zero-order chi connectivity index (χ0) is 42.6. The van der Waals surface area contributed by atoms with Crippen molar-refractivity contribution in [1.82, 2.24) is 14.1 Å². The predicted molar refractivity (Wildman–Crippen MR) is 277 cm³/mol. The Hall–Kier alpha value is -8.03. The third-order valence-corrected chi connectivity index (χ3v) is 20.0. The Morgan fingerprint density at radius 1 is 0.354 bits per heavy atom. The average Bonchev–Trinajstić information content (AvgIpc) is 4.14. The van der Waals surface area contributed by atoms with Crippen LogP contribution in [0.4, 0.5) is 0 Å². The summed E-state index contributed by atoms with van der Waals surface area (Å²) in [5.74, 6) is 0. The van der Waals surface area contributed by atoms with Crippen LogP contribution in [0, 0.1) is 0 Å². The van der Waals surface area contributed by atoms with Gasteiger partial charge in [0.1, 0.15) is 5.58 Å². The van der Waals surface area contributed by atoms with Crippen LogP contribution in [0.2, 0.25) is 0 Å². The Balaban J connectivity index is 1.10. The van der Waals surface area contributed by atoms with E-state index >= 15 is 0 Å². The van der Waals surface area contributed by atoms with Crippen LogP contribution >= 0.6 is 11.3 Å². The fraction of sp³-hybridized carbons (Fsp3) is 0. The van der Waals surface area contributed by atoms with E-state index in [1.165, 1.54) is 68.3 Å². The van der Waals surface area contributed by atoms with Crippen molar-refractivity contribution in [3.05, 3.63) is 225 Å². The van der Waals surface area contributed by atoms with Crippen LogP contribution in [-0.4, -0.2) is 22.2 Å². The summed E-state index contributed by atoms with van der Waals surface area (Å²) < 4.78 is 14.9. The third-order valence-electron chi connectivity index (χ3n) is 13.8. The van der Waals surface area contributed by atoms with E-state index in [-0.39, 0.29) is 0 Å². The summed E-state index contributed by atoms with van der Waals surface area (Å²) in [4.78, 5) is 4.55. The highest BCUT2D eigenvalue weighted by Gasteiger charge is 2.45. The number of hydrogen-bond acceptors (Lipinski definition) is 3. The van der Waals surface area contributed by atoms with E-state index in [2.05, 4.69) is 226 Å². The summed E-state index contributed by atoms with van der Waals surface area (Å²) in [6, 6.07) is 78.1. The molecule has 6 heteroatoms. The number of thiophene rings is 1. The summed E-state index contributed by atoms with van der Waals surface area (Å²) >= 11 is 1.92. The van der Waals surface area contributed by atoms with Gasteiger partial charge in [-0.15, -0.1) is 11.3 Å². The third kappa shape index (κ3) is 5.03. The number of para-hydroxylation sites is 5. The zero-order valence-electron chi connectivity index (χ0n) is 35.0. The van der Waals surface area contributed by atoms with E-state index in [0.717, 1.165) is 49.6 Å². The molecule has 0 aliphatic carbocycles. The van der Waals surface area contributed by atoms with Gasteiger partial charge in [0.25, 0.3) is 0 Å². The van der Waals surface area contributed by atoms with Crippen molar-refractivity contribution in [2.24, 2.45) is 0 Å². The first-order chi connectivity index (χ1) is 32.3. The van der Waals surface area contributed by atoms with E-state index < -0.39 is 8.07 Å². The van der Waals surface area contributed by atoms with Gasteiger partial charge in [-0.3, -0.25) is 4.98 Å². The summed E-state index contributed by atoms with van der Waals surface area (Å²) in [6.07, 6.45) is 3.91. The lowest BCUT2D eigenvalue weighted by atomic mass is 10.1. The minimum atomic E-state index is -3.20. The van der Waals surface area contributed by atoms with E-state index in [9.17, 15) is 0 Å². The minimum absolute atomic E-state index is 0.886. The number of furan rings is 1. The largest absolute Gasteiger partial charge is 0.454 e. The molecule has 0 radical (unpaired) electrons. The average molecular weight is 864 g/mol. The fourth-order valence-corrected chi connectivity index (χ4v) is 17.9. The molecular weight excluding hydrogens is 827 g/mol. The van der Waals surface area contributed by atoms with E-state index in [0.29, 0.717) is 0 Å². The molecule has 0 bridgehead atoms. The Kier molecular flexibility index (Phi) is 7.84. The maximum atomic E-state index is 7.54. The number of hydrogen-bond donors (Lipinski definition) is 0. The van der Waals surface area contributed by atoms with Crippen molar-refractivity contribution in [2.45, 2.75) is 0 Å². The second-order valence-corrected chi connectivity index (χ2v) is 21.7. The van der Waals surface area contributed by atoms with Crippen molar-refractivity contribution in [1.29, 1.82) is 0 Å². The minimum Gasteiger partial charge on any atom is -0.454 e. The number of pyridine rings is 1. The number of fused-ring (bicyclic) bond motifs is 12. The molecule has 5 heterocycles. The lowest BCUT2D eigenvalue weighted by Gasteiger charge is -2.34. The van der Waals surface area contributed by atoms with E-state index in [1.54, 1.807) is 0 Å². The highest BCUT2D eigenvalue weighted by atomic mass is 32.1. The Bertz CT molecular complexity index is 3820. The summed E-state index contributed by atoms with van der Waals surface area (Å²) in [6.45, 7) is 0. The van der Waals surface area contributed by atoms with Crippen LogP contribution in [0.15, 0.2) is 229 Å². The number of benzene rings is 9. The molecule has 0 amide bonds. The van der Waals surface area contributed by atoms with Gasteiger partial charge in [0, 0.05) is 60.2 Å². The normalized spacial score (nSPS) is 12.3. The lowest BCUT2D eigenvalue weighted by molar-refractivity contribution is 0.668. The van der Waals surface area contributed by atoms with Crippen LogP contribution in [0.1, 0.15) is 0 Å². The highest BCUT2D eigenvalue weighted by Crippen LogP contribution is 2.42. The molecule has 0 aliphatic rings. The Morgan fingerprint density at radius 3 is 1.46 bits per heavy atom. The molecule has 0 aliphatic heterocycles. The number of nitrogens with zero attached hydrogens (tertiary/aromatic N) is 3. The van der Waals surface area contributed by atoms with Crippen molar-refractivity contribution in [2.75, 3.05) is 0 Å². The van der Waals surface area contributed by atoms with E-state index in [1.807, 2.05) is 23.7 Å². The molecule has 304 valence electrons. The highest BCUT2D eigenvalue weighted by molar-refractivity contribution is 7.31. The van der Waals surface area contributed by atoms with Gasteiger partial charge < -0.3 is 13.6 Å². The van der Waals surface area contributed by atoms with Gasteiger partial charge in [-0.05, 0) is 57.1 Å². The van der Waals surface area contributed by atoms with Crippen LogP contribution in [-0.2, 0) is 0 Å². The van der Waals surface area contributed by atoms with Crippen LogP contribution in [0.3, 0.4) is 0 Å². The Morgan fingerprint density at radius 2 is 0.815 bits per heavy atom. The standard InChI is InChI=1S/C59H37N3OSSi/c1-3-17-38(18-4-1)65(39-19-5-2-6-20-39,54-33-15-25-44-43-24-13-31-52(56(43)63-57(44)54)61-48-28-10-7-21-40(48)41-22-8-11-29-49(41)61)55-34-16-27-46-45-26-14-32-53(58(45)64-59(46)55)62-50-30-12-9-23-42(50)47-37-60-36-35-51(47)62/h1-37H. The Labute approximate surface area is 378 Å². The van der Waals surface area contributed by atoms with Crippen molar-refractivity contribution >= 4 is 126 Å². The first-order valence-electron chi connectivity index (χ1n) is 22.1. The molecule has 9 aromatic carbocycles. The van der Waals surface area contributed by atoms with Crippen molar-refractivity contribution < 1.29 is 4.42 Å². The van der Waals surface area contributed by atoms with Crippen molar-refractivity contribution in [3.63, 3.8) is 0 Å². The topological polar surface area (TPSA) is 35.9 Å². The molecule has 5 aromatic heterocycles. The maximum Gasteiger partial charge on any atom is 0.185 e. The van der Waals surface area contributed by atoms with Gasteiger partial charge in [0.15, 0.2) is 13.7 Å². The molecule has 14 rings (SSSR count). The summed E-state index contributed by atoms with van der Waals surface area (Å²) in [7, 11) is -3.20. The molecule has 0 unspecified atom stereocenters. The molecule has 0 N–H and O–H groups in total. The smallest absolute Gasteiger partial charge is 0.185 e. The molecule has 0 fully saturated rings. The predicted octanol–water partition coefficient (Wildman–Crippen LogP) is 12.9. The van der Waals surface area contributed by atoms with Crippen molar-refractivity contribution in [3.8, 4) is 11.4 Å². The van der Waals surface area contributed by atoms with Gasteiger partial charge in [-0.1, -0.05) is 176 Å². The molecular formula is C59H37N3OSSi. The molecule has 65 heavy (non-hydrogen) atoms. The van der Waals surface area contributed by atoms with Gasteiger partial charge in [0.05, 0.1) is 38.1 Å². The fourth-order valence-electron chi connectivity index (χ4n) is 11.1. The van der Waals surface area contributed by atoms with Gasteiger partial charge >= 0.3 is 0 Å². The van der Waals surface area contributed by atoms with Gasteiger partial charge in [-0.25, -0.2) is 0 Å². The lowest BCUT2D eigenvalue weighted by Crippen LogP contribution is -2.74. The monoisotopic (exact) mass is 863 g/mol. The molecule has 14 aromatic rings. The quantitative estimate of drug-likeness (QED) is 0.123. The summed E-state index contributed by atoms with van der Waals surface area (Å²) in [5, 5.41) is 14.8. The van der Waals surface area contributed by atoms with Crippen LogP contribution in [0.25, 0.3) is 97.1 Å². The van der Waals surface area contributed by atoms with Crippen LogP contribution in [0.5, 0.6) is 0 Å². The van der Waals surface area contributed by atoms with Crippen LogP contribution < -0.4 is 20.7 Å². The molecule has 0 spiro atoms. The second kappa shape index (κ2) is 14.0. The first kappa shape index (κ1) is 36.5. The molecule has 0 saturated heterocycles. The zero-order valence-corrected chi connectivity index (χ0v) is 36.8. The van der Waals surface area contributed by atoms with E-state index in [4.69, 9.17) is 4.42 Å². The van der Waals surface area contributed by atoms with Gasteiger partial charge in [0.2, 0.25) is 0 Å². The number of aromatic nitrogens is 3. The number of rotatable bonds is 6. The maximum absolute atomic E-state index is 7.54. The SMILES string of the molecule is c1ccc([Si](c2ccccc2)(c2cccc3c2oc2c(-n4c5ccccc5c5ccccc54)cccc23)c2cccc3c2sc2c(-n4c5ccccc5c5cnccc54)cccc23)cc1. The molecule has 0 atom stereocenters. The summed E-state index contributed by atoms with van der Waals surface area (Å²) in [5.41, 5.74) is 8.68. The van der Waals surface area contributed by atoms with Gasteiger partial charge in [-0.2, -0.15) is 0 Å². The molecule has 0 saturated carbocycles.